The number of anilines is 1. The highest BCUT2D eigenvalue weighted by molar-refractivity contribution is 5.91. The highest BCUT2D eigenvalue weighted by Crippen LogP contribution is 2.25. The molecule has 0 saturated carbocycles. The number of rotatable bonds is 3. The predicted molar refractivity (Wildman–Crippen MR) is 85.2 cm³/mol. The van der Waals surface area contributed by atoms with E-state index in [1.165, 1.54) is 30.5 Å². The molecule has 0 spiro atoms. The highest BCUT2D eigenvalue weighted by atomic mass is 15.2. The third-order valence-electron chi connectivity index (χ3n) is 4.16. The lowest BCUT2D eigenvalue weighted by Gasteiger charge is -2.33. The van der Waals surface area contributed by atoms with Crippen molar-refractivity contribution in [3.05, 3.63) is 36.0 Å². The first-order valence-corrected chi connectivity index (χ1v) is 7.61. The van der Waals surface area contributed by atoms with Crippen LogP contribution in [0.4, 0.5) is 5.69 Å². The summed E-state index contributed by atoms with van der Waals surface area (Å²) in [6.45, 7) is 7.84. The number of aromatic nitrogens is 1. The van der Waals surface area contributed by atoms with Crippen LogP contribution < -0.4 is 5.32 Å². The van der Waals surface area contributed by atoms with Crippen LogP contribution in [0.1, 0.15) is 25.5 Å². The lowest BCUT2D eigenvalue weighted by molar-refractivity contribution is 0.227. The number of likely N-dealkylation sites (N-methyl/N-ethyl adjacent to an activating group) is 1. The summed E-state index contributed by atoms with van der Waals surface area (Å²) in [4.78, 5) is 7.14. The van der Waals surface area contributed by atoms with Gasteiger partial charge in [0.05, 0.1) is 5.52 Å². The topological polar surface area (TPSA) is 28.2 Å². The van der Waals surface area contributed by atoms with E-state index in [9.17, 15) is 0 Å². The average Bonchev–Trinajstić information content (AvgIpc) is 2.47. The summed E-state index contributed by atoms with van der Waals surface area (Å²) in [5.74, 6) is 0. The number of aryl methyl sites for hydroxylation is 1. The van der Waals surface area contributed by atoms with Crippen LogP contribution in [0.2, 0.25) is 0 Å². The molecule has 0 radical (unpaired) electrons. The number of para-hydroxylation sites is 1. The van der Waals surface area contributed by atoms with E-state index in [0.717, 1.165) is 24.3 Å². The molecule has 2 heterocycles. The molecule has 0 bridgehead atoms. The summed E-state index contributed by atoms with van der Waals surface area (Å²) in [5.41, 5.74) is 3.39. The molecule has 1 aromatic carbocycles. The molecule has 1 aliphatic rings. The molecule has 20 heavy (non-hydrogen) atoms. The third-order valence-corrected chi connectivity index (χ3v) is 4.16. The van der Waals surface area contributed by atoms with Crippen LogP contribution in [0.5, 0.6) is 0 Å². The van der Waals surface area contributed by atoms with Gasteiger partial charge in [-0.15, -0.1) is 0 Å². The number of piperidine rings is 1. The molecular weight excluding hydrogens is 246 g/mol. The number of benzene rings is 1. The molecule has 3 heteroatoms. The summed E-state index contributed by atoms with van der Waals surface area (Å²) in [6, 6.07) is 11.1. The Balaban J connectivity index is 1.86. The third kappa shape index (κ3) is 2.78. The molecule has 1 atom stereocenters. The maximum Gasteiger partial charge on any atom is 0.0725 e. The van der Waals surface area contributed by atoms with Gasteiger partial charge in [0.2, 0.25) is 0 Å². The van der Waals surface area contributed by atoms with Crippen molar-refractivity contribution < 1.29 is 0 Å². The average molecular weight is 269 g/mol. The van der Waals surface area contributed by atoms with Crippen LogP contribution in [0, 0.1) is 6.92 Å². The molecule has 1 aromatic heterocycles. The van der Waals surface area contributed by atoms with Crippen molar-refractivity contribution in [2.24, 2.45) is 0 Å². The van der Waals surface area contributed by atoms with E-state index in [0.29, 0.717) is 6.04 Å². The van der Waals surface area contributed by atoms with E-state index in [1.54, 1.807) is 0 Å². The molecule has 1 fully saturated rings. The van der Waals surface area contributed by atoms with Gasteiger partial charge in [-0.25, -0.2) is 0 Å². The van der Waals surface area contributed by atoms with Crippen molar-refractivity contribution in [1.29, 1.82) is 0 Å². The Morgan fingerprint density at radius 2 is 2.20 bits per heavy atom. The van der Waals surface area contributed by atoms with E-state index in [1.807, 2.05) is 0 Å². The number of likely N-dealkylation sites (tertiary alicyclic amines) is 1. The second kappa shape index (κ2) is 5.80. The van der Waals surface area contributed by atoms with Crippen molar-refractivity contribution in [3.8, 4) is 0 Å². The number of fused-ring (bicyclic) bond motifs is 1. The van der Waals surface area contributed by atoms with Gasteiger partial charge in [-0.3, -0.25) is 4.98 Å². The highest BCUT2D eigenvalue weighted by Gasteiger charge is 2.19. The minimum absolute atomic E-state index is 0.550. The van der Waals surface area contributed by atoms with Crippen molar-refractivity contribution in [2.75, 3.05) is 25.0 Å². The molecule has 2 aromatic rings. The Hall–Kier alpha value is -1.61. The molecule has 3 rings (SSSR count). The molecule has 0 amide bonds. The Morgan fingerprint density at radius 3 is 3.05 bits per heavy atom. The first-order chi connectivity index (χ1) is 9.76. The normalized spacial score (nSPS) is 20.2. The van der Waals surface area contributed by atoms with Gasteiger partial charge in [0.25, 0.3) is 0 Å². The van der Waals surface area contributed by atoms with Crippen LogP contribution in [0.3, 0.4) is 0 Å². The minimum Gasteiger partial charge on any atom is -0.380 e. The summed E-state index contributed by atoms with van der Waals surface area (Å²) >= 11 is 0. The smallest absolute Gasteiger partial charge is 0.0725 e. The minimum atomic E-state index is 0.550. The van der Waals surface area contributed by atoms with Gasteiger partial charge >= 0.3 is 0 Å². The van der Waals surface area contributed by atoms with E-state index in [2.05, 4.69) is 59.4 Å². The number of pyridine rings is 1. The van der Waals surface area contributed by atoms with E-state index in [4.69, 9.17) is 0 Å². The van der Waals surface area contributed by atoms with E-state index < -0.39 is 0 Å². The molecule has 1 aliphatic heterocycles. The summed E-state index contributed by atoms with van der Waals surface area (Å²) in [7, 11) is 0. The first-order valence-electron chi connectivity index (χ1n) is 7.61. The fourth-order valence-corrected chi connectivity index (χ4v) is 3.11. The molecule has 106 valence electrons. The van der Waals surface area contributed by atoms with Gasteiger partial charge in [-0.2, -0.15) is 0 Å². The molecule has 1 saturated heterocycles. The maximum atomic E-state index is 4.61. The van der Waals surface area contributed by atoms with Gasteiger partial charge in [0, 0.05) is 29.4 Å². The Morgan fingerprint density at radius 1 is 1.35 bits per heavy atom. The molecule has 1 N–H and O–H groups in total. The van der Waals surface area contributed by atoms with Crippen LogP contribution in [0.25, 0.3) is 10.9 Å². The first kappa shape index (κ1) is 13.4. The molecule has 1 unspecified atom stereocenters. The largest absolute Gasteiger partial charge is 0.380 e. The number of hydrogen-bond acceptors (Lipinski definition) is 3. The van der Waals surface area contributed by atoms with Crippen molar-refractivity contribution >= 4 is 16.6 Å². The summed E-state index contributed by atoms with van der Waals surface area (Å²) in [6.07, 6.45) is 2.54. The second-order valence-corrected chi connectivity index (χ2v) is 5.71. The van der Waals surface area contributed by atoms with Crippen LogP contribution in [0.15, 0.2) is 30.3 Å². The van der Waals surface area contributed by atoms with Crippen LogP contribution in [-0.2, 0) is 0 Å². The zero-order valence-corrected chi connectivity index (χ0v) is 12.4. The summed E-state index contributed by atoms with van der Waals surface area (Å²) < 4.78 is 0. The summed E-state index contributed by atoms with van der Waals surface area (Å²) in [5, 5.41) is 4.98. The van der Waals surface area contributed by atoms with Gasteiger partial charge in [-0.05, 0) is 45.0 Å². The predicted octanol–water partition coefficient (Wildman–Crippen LogP) is 3.44. The van der Waals surface area contributed by atoms with Crippen LogP contribution in [-0.4, -0.2) is 35.6 Å². The zero-order valence-electron chi connectivity index (χ0n) is 12.4. The van der Waals surface area contributed by atoms with Gasteiger partial charge < -0.3 is 10.2 Å². The number of hydrogen-bond donors (Lipinski definition) is 1. The van der Waals surface area contributed by atoms with Crippen molar-refractivity contribution in [1.82, 2.24) is 9.88 Å². The van der Waals surface area contributed by atoms with Crippen LogP contribution >= 0.6 is 0 Å². The molecule has 3 nitrogen and oxygen atoms in total. The van der Waals surface area contributed by atoms with Gasteiger partial charge in [0.1, 0.15) is 0 Å². The number of nitrogens with one attached hydrogen (secondary N) is 1. The van der Waals surface area contributed by atoms with Crippen molar-refractivity contribution in [3.63, 3.8) is 0 Å². The molecule has 0 aliphatic carbocycles. The number of nitrogens with zero attached hydrogens (tertiary/aromatic N) is 2. The Bertz CT molecular complexity index is 594. The fraction of sp³-hybridized carbons (Fsp3) is 0.471. The Labute approximate surface area is 121 Å². The maximum absolute atomic E-state index is 4.61. The Kier molecular flexibility index (Phi) is 3.88. The molecular formula is C17H23N3. The van der Waals surface area contributed by atoms with Gasteiger partial charge in [0.15, 0.2) is 0 Å². The lowest BCUT2D eigenvalue weighted by atomic mass is 10.0. The SMILES string of the molecule is CCN1CCCC(Nc2cc(C)nc3ccccc23)C1. The van der Waals surface area contributed by atoms with E-state index >= 15 is 0 Å². The van der Waals surface area contributed by atoms with E-state index in [-0.39, 0.29) is 0 Å². The fourth-order valence-electron chi connectivity index (χ4n) is 3.11. The van der Waals surface area contributed by atoms with Crippen molar-refractivity contribution in [2.45, 2.75) is 32.7 Å². The quantitative estimate of drug-likeness (QED) is 0.925. The standard InChI is InChI=1S/C17H23N3/c1-3-20-10-6-7-14(12-20)19-17-11-13(2)18-16-9-5-4-8-15(16)17/h4-5,8-9,11,14H,3,6-7,10,12H2,1-2H3,(H,18,19). The monoisotopic (exact) mass is 269 g/mol. The van der Waals surface area contributed by atoms with Gasteiger partial charge in [-0.1, -0.05) is 25.1 Å². The lowest BCUT2D eigenvalue weighted by Crippen LogP contribution is -2.41. The zero-order chi connectivity index (χ0) is 13.9. The second-order valence-electron chi connectivity index (χ2n) is 5.71.